The molecule has 0 spiro atoms. The average Bonchev–Trinajstić information content (AvgIpc) is 2.83. The van der Waals surface area contributed by atoms with Crippen LogP contribution in [0.1, 0.15) is 40.0 Å². The summed E-state index contributed by atoms with van der Waals surface area (Å²) < 4.78 is 19.8. The second kappa shape index (κ2) is 10.3. The number of nitrogens with zero attached hydrogens (tertiary/aromatic N) is 2. The molecule has 0 saturated carbocycles. The fourth-order valence-corrected chi connectivity index (χ4v) is 3.88. The van der Waals surface area contributed by atoms with Gasteiger partial charge >= 0.3 is 0 Å². The first-order valence-electron chi connectivity index (χ1n) is 10.9. The second-order valence-corrected chi connectivity index (χ2v) is 7.89. The number of ether oxygens (including phenoxy) is 1. The Bertz CT molecular complexity index is 1100. The van der Waals surface area contributed by atoms with Crippen LogP contribution >= 0.6 is 0 Å². The molecule has 2 heterocycles. The van der Waals surface area contributed by atoms with E-state index in [9.17, 15) is 14.0 Å². The van der Waals surface area contributed by atoms with Crippen LogP contribution in [0, 0.1) is 5.82 Å². The molecule has 6 nitrogen and oxygen atoms in total. The minimum absolute atomic E-state index is 0.0726. The molecule has 1 aliphatic heterocycles. The van der Waals surface area contributed by atoms with Crippen LogP contribution in [0.3, 0.4) is 0 Å². The number of hydrogen-bond donors (Lipinski definition) is 1. The van der Waals surface area contributed by atoms with Gasteiger partial charge in [-0.05, 0) is 55.0 Å². The molecule has 0 bridgehead atoms. The van der Waals surface area contributed by atoms with Crippen molar-refractivity contribution in [3.8, 4) is 0 Å². The first-order valence-corrected chi connectivity index (χ1v) is 10.9. The number of nitrogens with one attached hydrogen (secondary N) is 1. The Morgan fingerprint density at radius 1 is 1.09 bits per heavy atom. The highest BCUT2D eigenvalue weighted by molar-refractivity contribution is 5.98. The molecule has 32 heavy (non-hydrogen) atoms. The fourth-order valence-electron chi connectivity index (χ4n) is 3.88. The van der Waals surface area contributed by atoms with Gasteiger partial charge in [0.05, 0.1) is 11.7 Å². The highest BCUT2D eigenvalue weighted by Gasteiger charge is 2.25. The number of piperidine rings is 1. The largest absolute Gasteiger partial charge is 0.378 e. The van der Waals surface area contributed by atoms with Crippen LogP contribution in [-0.2, 0) is 4.74 Å². The van der Waals surface area contributed by atoms with Crippen molar-refractivity contribution in [1.82, 2.24) is 15.2 Å². The number of pyridine rings is 1. The zero-order valence-corrected chi connectivity index (χ0v) is 17.8. The fraction of sp³-hybridized carbons (Fsp3) is 0.320. The lowest BCUT2D eigenvalue weighted by Crippen LogP contribution is -2.41. The number of hydrogen-bond acceptors (Lipinski definition) is 4. The number of halogens is 1. The predicted octanol–water partition coefficient (Wildman–Crippen LogP) is 3.82. The number of carbonyl (C=O) groups excluding carboxylic acids is 2. The van der Waals surface area contributed by atoms with Crippen LogP contribution in [0.4, 0.5) is 4.39 Å². The van der Waals surface area contributed by atoms with Gasteiger partial charge < -0.3 is 15.0 Å². The first kappa shape index (κ1) is 21.9. The molecule has 166 valence electrons. The number of rotatable bonds is 7. The first-order chi connectivity index (χ1) is 15.6. The average molecular weight is 435 g/mol. The maximum Gasteiger partial charge on any atom is 0.256 e. The maximum atomic E-state index is 13.8. The van der Waals surface area contributed by atoms with Crippen molar-refractivity contribution in [3.05, 3.63) is 77.9 Å². The van der Waals surface area contributed by atoms with Crippen LogP contribution in [0.5, 0.6) is 0 Å². The number of amides is 2. The standard InChI is InChI=1S/C25H26FN3O3/c26-23-5-2-1-4-22(23)25(31)29-13-9-21(10-14-29)32-15-3-11-28-24(30)19-7-6-18-8-12-27-17-20(18)16-19/h1-2,4-8,12,16-17,21H,3,9-11,13-15H2,(H,28,30). The molecule has 7 heteroatoms. The summed E-state index contributed by atoms with van der Waals surface area (Å²) in [5.41, 5.74) is 0.726. The lowest BCUT2D eigenvalue weighted by atomic mass is 10.1. The van der Waals surface area contributed by atoms with Gasteiger partial charge in [-0.1, -0.05) is 18.2 Å². The summed E-state index contributed by atoms with van der Waals surface area (Å²) in [5, 5.41) is 4.90. The van der Waals surface area contributed by atoms with Crippen molar-refractivity contribution in [2.24, 2.45) is 0 Å². The predicted molar refractivity (Wildman–Crippen MR) is 120 cm³/mol. The van der Waals surface area contributed by atoms with E-state index in [0.29, 0.717) is 38.2 Å². The summed E-state index contributed by atoms with van der Waals surface area (Å²) in [6.45, 7) is 2.15. The SMILES string of the molecule is O=C(NCCCOC1CCN(C(=O)c2ccccc2F)CC1)c1ccc2ccncc2c1. The van der Waals surface area contributed by atoms with E-state index in [-0.39, 0.29) is 23.5 Å². The third-order valence-corrected chi connectivity index (χ3v) is 5.70. The molecule has 0 radical (unpaired) electrons. The zero-order chi connectivity index (χ0) is 22.3. The number of carbonyl (C=O) groups is 2. The minimum Gasteiger partial charge on any atom is -0.378 e. The van der Waals surface area contributed by atoms with Gasteiger partial charge in [0.2, 0.25) is 0 Å². The number of aromatic nitrogens is 1. The van der Waals surface area contributed by atoms with Crippen LogP contribution < -0.4 is 5.32 Å². The topological polar surface area (TPSA) is 71.5 Å². The number of benzene rings is 2. The van der Waals surface area contributed by atoms with Gasteiger partial charge in [-0.25, -0.2) is 4.39 Å². The summed E-state index contributed by atoms with van der Waals surface area (Å²) in [5.74, 6) is -0.872. The van der Waals surface area contributed by atoms with Crippen molar-refractivity contribution in [1.29, 1.82) is 0 Å². The Morgan fingerprint density at radius 3 is 2.72 bits per heavy atom. The van der Waals surface area contributed by atoms with E-state index in [2.05, 4.69) is 10.3 Å². The normalized spacial score (nSPS) is 14.5. The van der Waals surface area contributed by atoms with E-state index in [0.717, 1.165) is 23.6 Å². The number of fused-ring (bicyclic) bond motifs is 1. The molecule has 2 aromatic carbocycles. The van der Waals surface area contributed by atoms with E-state index < -0.39 is 5.82 Å². The molecule has 3 aromatic rings. The van der Waals surface area contributed by atoms with Gasteiger partial charge in [0.15, 0.2) is 0 Å². The molecule has 0 unspecified atom stereocenters. The third kappa shape index (κ3) is 5.29. The molecule has 1 aliphatic rings. The van der Waals surface area contributed by atoms with E-state index in [1.165, 1.54) is 12.1 Å². The Labute approximate surface area is 186 Å². The van der Waals surface area contributed by atoms with Gasteiger partial charge in [-0.15, -0.1) is 0 Å². The molecular weight excluding hydrogens is 409 g/mol. The van der Waals surface area contributed by atoms with Gasteiger partial charge in [0, 0.05) is 49.6 Å². The third-order valence-electron chi connectivity index (χ3n) is 5.70. The van der Waals surface area contributed by atoms with E-state index in [4.69, 9.17) is 4.74 Å². The van der Waals surface area contributed by atoms with Gasteiger partial charge in [0.25, 0.3) is 11.8 Å². The van der Waals surface area contributed by atoms with Crippen LogP contribution in [-0.4, -0.2) is 54.0 Å². The highest BCUT2D eigenvalue weighted by Crippen LogP contribution is 2.18. The molecule has 1 aromatic heterocycles. The number of likely N-dealkylation sites (tertiary alicyclic amines) is 1. The molecule has 1 saturated heterocycles. The van der Waals surface area contributed by atoms with Crippen LogP contribution in [0.15, 0.2) is 60.9 Å². The Balaban J connectivity index is 1.15. The van der Waals surface area contributed by atoms with E-state index in [1.54, 1.807) is 29.4 Å². The molecular formula is C25H26FN3O3. The molecule has 1 N–H and O–H groups in total. The molecule has 2 amide bonds. The summed E-state index contributed by atoms with van der Waals surface area (Å²) in [4.78, 5) is 30.6. The molecule has 0 atom stereocenters. The van der Waals surface area contributed by atoms with Crippen molar-refractivity contribution >= 4 is 22.6 Å². The van der Waals surface area contributed by atoms with Crippen LogP contribution in [0.25, 0.3) is 10.8 Å². The summed E-state index contributed by atoms with van der Waals surface area (Å²) in [6.07, 6.45) is 5.69. The Kier molecular flexibility index (Phi) is 7.07. The molecule has 4 rings (SSSR count). The van der Waals surface area contributed by atoms with E-state index in [1.807, 2.05) is 24.3 Å². The Hall–Kier alpha value is -3.32. The van der Waals surface area contributed by atoms with Gasteiger partial charge in [-0.3, -0.25) is 14.6 Å². The molecule has 0 aliphatic carbocycles. The summed E-state index contributed by atoms with van der Waals surface area (Å²) in [7, 11) is 0. The lowest BCUT2D eigenvalue weighted by Gasteiger charge is -2.32. The monoisotopic (exact) mass is 435 g/mol. The zero-order valence-electron chi connectivity index (χ0n) is 17.8. The van der Waals surface area contributed by atoms with Crippen molar-refractivity contribution in [2.45, 2.75) is 25.4 Å². The van der Waals surface area contributed by atoms with Crippen molar-refractivity contribution in [3.63, 3.8) is 0 Å². The summed E-state index contributed by atoms with van der Waals surface area (Å²) in [6, 6.07) is 13.5. The van der Waals surface area contributed by atoms with Crippen molar-refractivity contribution < 1.29 is 18.7 Å². The maximum absolute atomic E-state index is 13.8. The van der Waals surface area contributed by atoms with Gasteiger partial charge in [0.1, 0.15) is 5.82 Å². The van der Waals surface area contributed by atoms with Crippen molar-refractivity contribution in [2.75, 3.05) is 26.2 Å². The highest BCUT2D eigenvalue weighted by atomic mass is 19.1. The molecule has 1 fully saturated rings. The quantitative estimate of drug-likeness (QED) is 0.573. The van der Waals surface area contributed by atoms with E-state index >= 15 is 0 Å². The smallest absolute Gasteiger partial charge is 0.256 e. The second-order valence-electron chi connectivity index (χ2n) is 7.89. The minimum atomic E-state index is -0.488. The van der Waals surface area contributed by atoms with Crippen LogP contribution in [0.2, 0.25) is 0 Å². The Morgan fingerprint density at radius 2 is 1.91 bits per heavy atom. The lowest BCUT2D eigenvalue weighted by molar-refractivity contribution is 0.00791. The van der Waals surface area contributed by atoms with Gasteiger partial charge in [-0.2, -0.15) is 0 Å². The summed E-state index contributed by atoms with van der Waals surface area (Å²) >= 11 is 0.